The lowest BCUT2D eigenvalue weighted by molar-refractivity contribution is -0.135. The summed E-state index contributed by atoms with van der Waals surface area (Å²) in [5.74, 6) is -0.0746. The van der Waals surface area contributed by atoms with Crippen LogP contribution in [-0.2, 0) is 16.0 Å². The molecule has 0 saturated heterocycles. The molecule has 1 unspecified atom stereocenters. The van der Waals surface area contributed by atoms with Crippen molar-refractivity contribution in [2.75, 3.05) is 6.61 Å². The number of carbonyl (C=O) groups is 1. The van der Waals surface area contributed by atoms with Crippen LogP contribution in [0.5, 0.6) is 0 Å². The summed E-state index contributed by atoms with van der Waals surface area (Å²) >= 11 is 0. The van der Waals surface area contributed by atoms with Gasteiger partial charge in [0.1, 0.15) is 0 Å². The molecule has 1 aromatic carbocycles. The molecule has 3 aromatic rings. The number of amides is 1. The number of fused-ring (bicyclic) bond motifs is 1. The molecule has 0 spiro atoms. The molecule has 5 rings (SSSR count). The van der Waals surface area contributed by atoms with Crippen molar-refractivity contribution in [1.29, 1.82) is 0 Å². The standard InChI is InChI=1S/C25H26N4O3/c30-23-12-11-22(18-5-3-14-26-16-18)28-29(23)20-9-7-19(8-10-20)27-25(31)24-21-6-2-1-4-17(21)13-15-32-24/h1-6,11-12,14,16,19-20,24H,7-10,13,15H2,(H,27,31). The van der Waals surface area contributed by atoms with Crippen molar-refractivity contribution in [3.63, 3.8) is 0 Å². The minimum atomic E-state index is -0.543. The lowest BCUT2D eigenvalue weighted by Crippen LogP contribution is -2.43. The van der Waals surface area contributed by atoms with Crippen molar-refractivity contribution in [1.82, 2.24) is 20.1 Å². The Morgan fingerprint density at radius 1 is 1.03 bits per heavy atom. The van der Waals surface area contributed by atoms with Crippen molar-refractivity contribution in [2.45, 2.75) is 50.3 Å². The van der Waals surface area contributed by atoms with Gasteiger partial charge in [0.25, 0.3) is 11.5 Å². The molecule has 1 aliphatic carbocycles. The molecule has 1 amide bonds. The lowest BCUT2D eigenvalue weighted by Gasteiger charge is -2.32. The number of carbonyl (C=O) groups excluding carboxylic acids is 1. The Kier molecular flexibility index (Phi) is 5.81. The zero-order valence-corrected chi connectivity index (χ0v) is 17.8. The second-order valence-corrected chi connectivity index (χ2v) is 8.46. The maximum atomic E-state index is 12.9. The van der Waals surface area contributed by atoms with E-state index in [-0.39, 0.29) is 23.6 Å². The smallest absolute Gasteiger partial charge is 0.267 e. The van der Waals surface area contributed by atoms with E-state index in [0.717, 1.165) is 48.9 Å². The molecule has 0 radical (unpaired) electrons. The summed E-state index contributed by atoms with van der Waals surface area (Å²) in [4.78, 5) is 29.5. The number of hydrogen-bond acceptors (Lipinski definition) is 5. The first kappa shape index (κ1) is 20.6. The quantitative estimate of drug-likeness (QED) is 0.687. The third-order valence-electron chi connectivity index (χ3n) is 6.40. The highest BCUT2D eigenvalue weighted by Crippen LogP contribution is 2.30. The molecule has 164 valence electrons. The Morgan fingerprint density at radius 2 is 1.88 bits per heavy atom. The molecule has 1 fully saturated rings. The molecule has 1 saturated carbocycles. The van der Waals surface area contributed by atoms with Crippen LogP contribution in [0.1, 0.15) is 49.0 Å². The average molecular weight is 431 g/mol. The van der Waals surface area contributed by atoms with Gasteiger partial charge in [-0.3, -0.25) is 14.6 Å². The molecular weight excluding hydrogens is 404 g/mol. The first-order chi connectivity index (χ1) is 15.7. The van der Waals surface area contributed by atoms with E-state index in [9.17, 15) is 9.59 Å². The minimum absolute atomic E-state index is 0.0268. The Labute approximate surface area is 186 Å². The molecule has 7 nitrogen and oxygen atoms in total. The summed E-state index contributed by atoms with van der Waals surface area (Å²) in [5, 5.41) is 7.78. The molecule has 1 aliphatic heterocycles. The highest BCUT2D eigenvalue weighted by atomic mass is 16.5. The largest absolute Gasteiger partial charge is 0.363 e. The SMILES string of the molecule is O=C(NC1CCC(n2nc(-c3cccnc3)ccc2=O)CC1)C1OCCc2ccccc21. The first-order valence-electron chi connectivity index (χ1n) is 11.2. The van der Waals surface area contributed by atoms with Gasteiger partial charge in [0, 0.05) is 30.1 Å². The van der Waals surface area contributed by atoms with Gasteiger partial charge in [0.05, 0.1) is 18.3 Å². The average Bonchev–Trinajstić information content (AvgIpc) is 2.85. The van der Waals surface area contributed by atoms with Gasteiger partial charge in [-0.25, -0.2) is 4.68 Å². The van der Waals surface area contributed by atoms with Crippen molar-refractivity contribution in [3.8, 4) is 11.3 Å². The van der Waals surface area contributed by atoms with Gasteiger partial charge in [-0.1, -0.05) is 24.3 Å². The number of aromatic nitrogens is 3. The zero-order valence-electron chi connectivity index (χ0n) is 17.8. The number of rotatable bonds is 4. The summed E-state index contributed by atoms with van der Waals surface area (Å²) in [5.41, 5.74) is 3.67. The topological polar surface area (TPSA) is 86.1 Å². The number of ether oxygens (including phenoxy) is 1. The molecular formula is C25H26N4O3. The monoisotopic (exact) mass is 430 g/mol. The molecule has 2 aromatic heterocycles. The second kappa shape index (κ2) is 9.04. The van der Waals surface area contributed by atoms with Crippen LogP contribution >= 0.6 is 0 Å². The van der Waals surface area contributed by atoms with E-state index in [2.05, 4.69) is 21.5 Å². The van der Waals surface area contributed by atoms with Crippen molar-refractivity contribution in [2.24, 2.45) is 0 Å². The fourth-order valence-electron chi connectivity index (χ4n) is 4.71. The van der Waals surface area contributed by atoms with Gasteiger partial charge in [0.2, 0.25) is 0 Å². The number of benzene rings is 1. The van der Waals surface area contributed by atoms with E-state index in [1.54, 1.807) is 29.2 Å². The van der Waals surface area contributed by atoms with Crippen LogP contribution in [-0.4, -0.2) is 33.3 Å². The van der Waals surface area contributed by atoms with Crippen LogP contribution in [0.3, 0.4) is 0 Å². The molecule has 7 heteroatoms. The minimum Gasteiger partial charge on any atom is -0.363 e. The second-order valence-electron chi connectivity index (χ2n) is 8.46. The first-order valence-corrected chi connectivity index (χ1v) is 11.2. The number of nitrogens with one attached hydrogen (secondary N) is 1. The maximum Gasteiger partial charge on any atom is 0.267 e. The molecule has 32 heavy (non-hydrogen) atoms. The van der Waals surface area contributed by atoms with Crippen LogP contribution in [0.25, 0.3) is 11.3 Å². The van der Waals surface area contributed by atoms with Crippen molar-refractivity contribution < 1.29 is 9.53 Å². The van der Waals surface area contributed by atoms with Crippen LogP contribution < -0.4 is 10.9 Å². The van der Waals surface area contributed by atoms with Crippen LogP contribution in [0.2, 0.25) is 0 Å². The number of pyridine rings is 1. The van der Waals surface area contributed by atoms with Crippen LogP contribution in [0.4, 0.5) is 0 Å². The third kappa shape index (κ3) is 4.21. The maximum absolute atomic E-state index is 12.9. The Morgan fingerprint density at radius 3 is 2.69 bits per heavy atom. The molecule has 3 heterocycles. The van der Waals surface area contributed by atoms with Crippen LogP contribution in [0, 0.1) is 0 Å². The summed E-state index contributed by atoms with van der Waals surface area (Å²) in [7, 11) is 0. The fraction of sp³-hybridized carbons (Fsp3) is 0.360. The fourth-order valence-corrected chi connectivity index (χ4v) is 4.71. The van der Waals surface area contributed by atoms with Gasteiger partial charge in [0.15, 0.2) is 6.10 Å². The zero-order chi connectivity index (χ0) is 21.9. The van der Waals surface area contributed by atoms with E-state index >= 15 is 0 Å². The number of hydrogen-bond donors (Lipinski definition) is 1. The highest BCUT2D eigenvalue weighted by molar-refractivity contribution is 5.83. The van der Waals surface area contributed by atoms with E-state index in [1.807, 2.05) is 30.3 Å². The Hall–Kier alpha value is -3.32. The van der Waals surface area contributed by atoms with Crippen LogP contribution in [0.15, 0.2) is 65.7 Å². The van der Waals surface area contributed by atoms with Crippen molar-refractivity contribution in [3.05, 3.63) is 82.4 Å². The van der Waals surface area contributed by atoms with E-state index in [1.165, 1.54) is 5.56 Å². The van der Waals surface area contributed by atoms with E-state index < -0.39 is 6.10 Å². The van der Waals surface area contributed by atoms with Gasteiger partial charge in [-0.05, 0) is 61.4 Å². The highest BCUT2D eigenvalue weighted by Gasteiger charge is 2.31. The van der Waals surface area contributed by atoms with Gasteiger partial charge in [-0.2, -0.15) is 5.10 Å². The third-order valence-corrected chi connectivity index (χ3v) is 6.40. The van der Waals surface area contributed by atoms with E-state index in [4.69, 9.17) is 4.74 Å². The number of nitrogens with zero attached hydrogens (tertiary/aromatic N) is 3. The Bertz CT molecular complexity index is 1150. The summed E-state index contributed by atoms with van der Waals surface area (Å²) in [6, 6.07) is 15.2. The predicted octanol–water partition coefficient (Wildman–Crippen LogP) is 3.22. The summed E-state index contributed by atoms with van der Waals surface area (Å²) < 4.78 is 7.39. The lowest BCUT2D eigenvalue weighted by atomic mass is 9.90. The normalized spacial score (nSPS) is 22.7. The predicted molar refractivity (Wildman–Crippen MR) is 120 cm³/mol. The van der Waals surface area contributed by atoms with Crippen molar-refractivity contribution >= 4 is 5.91 Å². The van der Waals surface area contributed by atoms with Gasteiger partial charge < -0.3 is 10.1 Å². The molecule has 2 aliphatic rings. The molecule has 1 N–H and O–H groups in total. The molecule has 1 atom stereocenters. The Balaban J connectivity index is 1.24. The molecule has 0 bridgehead atoms. The van der Waals surface area contributed by atoms with Gasteiger partial charge in [-0.15, -0.1) is 0 Å². The summed E-state index contributed by atoms with van der Waals surface area (Å²) in [6.45, 7) is 0.559. The van der Waals surface area contributed by atoms with Gasteiger partial charge >= 0.3 is 0 Å². The summed E-state index contributed by atoms with van der Waals surface area (Å²) in [6.07, 6.45) is 6.93. The van der Waals surface area contributed by atoms with E-state index in [0.29, 0.717) is 6.61 Å².